The first-order chi connectivity index (χ1) is 14.3. The van der Waals surface area contributed by atoms with E-state index in [4.69, 9.17) is 10.5 Å². The van der Waals surface area contributed by atoms with Gasteiger partial charge in [0.2, 0.25) is 0 Å². The third-order valence-corrected chi connectivity index (χ3v) is 5.91. The lowest BCUT2D eigenvalue weighted by Gasteiger charge is -2.27. The van der Waals surface area contributed by atoms with Crippen molar-refractivity contribution in [2.45, 2.75) is 51.2 Å². The standard InChI is InChI=1S/C24H32N4O/c25-24(27-22-13-16-29-23-12-6-5-11-21(22)23)26-17-19-9-3-4-10-20(19)18-28-14-7-1-2-8-15-28/h3-6,9-12,22H,1-2,7-8,13-18H2,(H3,25,26,27). The highest BCUT2D eigenvalue weighted by molar-refractivity contribution is 5.78. The summed E-state index contributed by atoms with van der Waals surface area (Å²) in [6.45, 7) is 4.70. The van der Waals surface area contributed by atoms with Crippen molar-refractivity contribution < 1.29 is 4.74 Å². The highest BCUT2D eigenvalue weighted by Gasteiger charge is 2.21. The van der Waals surface area contributed by atoms with Crippen LogP contribution < -0.4 is 15.8 Å². The molecular formula is C24H32N4O. The Hall–Kier alpha value is -2.53. The summed E-state index contributed by atoms with van der Waals surface area (Å²) in [5.74, 6) is 1.43. The van der Waals surface area contributed by atoms with Gasteiger partial charge in [0, 0.05) is 18.5 Å². The van der Waals surface area contributed by atoms with E-state index in [1.54, 1.807) is 0 Å². The molecule has 1 fully saturated rings. The van der Waals surface area contributed by atoms with Crippen LogP contribution in [0.2, 0.25) is 0 Å². The number of nitrogens with one attached hydrogen (secondary N) is 1. The van der Waals surface area contributed by atoms with Crippen LogP contribution in [0.15, 0.2) is 53.5 Å². The molecule has 4 rings (SSSR count). The van der Waals surface area contributed by atoms with Crippen LogP contribution in [0.4, 0.5) is 0 Å². The third-order valence-electron chi connectivity index (χ3n) is 5.91. The number of hydrogen-bond donors (Lipinski definition) is 2. The van der Waals surface area contributed by atoms with Gasteiger partial charge in [0.05, 0.1) is 19.2 Å². The fourth-order valence-corrected chi connectivity index (χ4v) is 4.29. The van der Waals surface area contributed by atoms with Gasteiger partial charge in [-0.25, -0.2) is 4.99 Å². The zero-order valence-corrected chi connectivity index (χ0v) is 17.1. The topological polar surface area (TPSA) is 62.9 Å². The second-order valence-corrected chi connectivity index (χ2v) is 8.03. The molecule has 3 N–H and O–H groups in total. The lowest BCUT2D eigenvalue weighted by molar-refractivity contribution is 0.262. The molecule has 0 saturated carbocycles. The zero-order valence-electron chi connectivity index (χ0n) is 17.1. The summed E-state index contributed by atoms with van der Waals surface area (Å²) in [7, 11) is 0. The number of para-hydroxylation sites is 1. The van der Waals surface area contributed by atoms with Crippen molar-refractivity contribution in [2.24, 2.45) is 10.7 Å². The van der Waals surface area contributed by atoms with E-state index < -0.39 is 0 Å². The van der Waals surface area contributed by atoms with Gasteiger partial charge in [0.15, 0.2) is 5.96 Å². The van der Waals surface area contributed by atoms with E-state index >= 15 is 0 Å². The molecule has 2 aromatic rings. The van der Waals surface area contributed by atoms with Gasteiger partial charge in [0.25, 0.3) is 0 Å². The number of nitrogens with two attached hydrogens (primary N) is 1. The van der Waals surface area contributed by atoms with Crippen LogP contribution in [0, 0.1) is 0 Å². The van der Waals surface area contributed by atoms with E-state index in [-0.39, 0.29) is 6.04 Å². The summed E-state index contributed by atoms with van der Waals surface area (Å²) in [6.07, 6.45) is 6.23. The van der Waals surface area contributed by atoms with Crippen molar-refractivity contribution in [3.8, 4) is 5.75 Å². The average molecular weight is 393 g/mol. The van der Waals surface area contributed by atoms with Gasteiger partial charge < -0.3 is 15.8 Å². The number of hydrogen-bond acceptors (Lipinski definition) is 3. The number of aliphatic imine (C=N–C) groups is 1. The van der Waals surface area contributed by atoms with E-state index in [2.05, 4.69) is 45.5 Å². The van der Waals surface area contributed by atoms with Crippen LogP contribution in [0.3, 0.4) is 0 Å². The maximum atomic E-state index is 6.25. The predicted octanol–water partition coefficient (Wildman–Crippen LogP) is 3.99. The first-order valence-corrected chi connectivity index (χ1v) is 10.9. The first kappa shape index (κ1) is 19.8. The van der Waals surface area contributed by atoms with Crippen LogP contribution >= 0.6 is 0 Å². The summed E-state index contributed by atoms with van der Waals surface area (Å²) in [5.41, 5.74) is 10.0. The van der Waals surface area contributed by atoms with Gasteiger partial charge in [-0.05, 0) is 43.1 Å². The second-order valence-electron chi connectivity index (χ2n) is 8.03. The number of rotatable bonds is 5. The van der Waals surface area contributed by atoms with Crippen LogP contribution in [-0.2, 0) is 13.1 Å². The molecule has 0 amide bonds. The molecule has 2 heterocycles. The Kier molecular flexibility index (Phi) is 6.67. The van der Waals surface area contributed by atoms with Gasteiger partial charge >= 0.3 is 0 Å². The number of guanidine groups is 1. The molecule has 0 aromatic heterocycles. The largest absolute Gasteiger partial charge is 0.493 e. The van der Waals surface area contributed by atoms with E-state index in [1.807, 2.05) is 18.2 Å². The van der Waals surface area contributed by atoms with Crippen LogP contribution in [-0.4, -0.2) is 30.6 Å². The number of ether oxygens (including phenoxy) is 1. The van der Waals surface area contributed by atoms with Crippen molar-refractivity contribution in [3.05, 3.63) is 65.2 Å². The molecule has 2 aromatic carbocycles. The minimum atomic E-state index is 0.149. The lowest BCUT2D eigenvalue weighted by atomic mass is 10.0. The highest BCUT2D eigenvalue weighted by atomic mass is 16.5. The van der Waals surface area contributed by atoms with Crippen LogP contribution in [0.5, 0.6) is 5.75 Å². The first-order valence-electron chi connectivity index (χ1n) is 10.9. The maximum absolute atomic E-state index is 6.25. The number of benzene rings is 2. The smallest absolute Gasteiger partial charge is 0.189 e. The fraction of sp³-hybridized carbons (Fsp3) is 0.458. The van der Waals surface area contributed by atoms with Gasteiger partial charge in [-0.15, -0.1) is 0 Å². The Labute approximate surface area is 174 Å². The van der Waals surface area contributed by atoms with Gasteiger partial charge in [-0.1, -0.05) is 55.3 Å². The van der Waals surface area contributed by atoms with E-state index in [9.17, 15) is 0 Å². The third kappa shape index (κ3) is 5.30. The van der Waals surface area contributed by atoms with E-state index in [0.29, 0.717) is 19.1 Å². The quantitative estimate of drug-likeness (QED) is 0.597. The molecular weight excluding hydrogens is 360 g/mol. The van der Waals surface area contributed by atoms with Gasteiger partial charge in [0.1, 0.15) is 5.75 Å². The molecule has 0 radical (unpaired) electrons. The molecule has 5 nitrogen and oxygen atoms in total. The summed E-state index contributed by atoms with van der Waals surface area (Å²) >= 11 is 0. The maximum Gasteiger partial charge on any atom is 0.189 e. The number of likely N-dealkylation sites (tertiary alicyclic amines) is 1. The highest BCUT2D eigenvalue weighted by Crippen LogP contribution is 2.31. The Morgan fingerprint density at radius 2 is 1.72 bits per heavy atom. The van der Waals surface area contributed by atoms with Crippen molar-refractivity contribution in [1.29, 1.82) is 0 Å². The number of fused-ring (bicyclic) bond motifs is 1. The normalized spacial score (nSPS) is 20.4. The summed E-state index contributed by atoms with van der Waals surface area (Å²) in [6, 6.07) is 16.9. The molecule has 5 heteroatoms. The van der Waals surface area contributed by atoms with E-state index in [1.165, 1.54) is 49.9 Å². The average Bonchev–Trinajstić information content (AvgIpc) is 3.02. The fourth-order valence-electron chi connectivity index (χ4n) is 4.29. The van der Waals surface area contributed by atoms with Crippen LogP contribution in [0.25, 0.3) is 0 Å². The molecule has 0 spiro atoms. The Balaban J connectivity index is 1.40. The van der Waals surface area contributed by atoms with Crippen molar-refractivity contribution in [3.63, 3.8) is 0 Å². The monoisotopic (exact) mass is 392 g/mol. The minimum Gasteiger partial charge on any atom is -0.493 e. The molecule has 1 saturated heterocycles. The zero-order chi connectivity index (χ0) is 19.9. The minimum absolute atomic E-state index is 0.149. The lowest BCUT2D eigenvalue weighted by Crippen LogP contribution is -2.37. The summed E-state index contributed by atoms with van der Waals surface area (Å²) < 4.78 is 5.74. The molecule has 1 unspecified atom stereocenters. The van der Waals surface area contributed by atoms with E-state index in [0.717, 1.165) is 24.3 Å². The molecule has 29 heavy (non-hydrogen) atoms. The summed E-state index contributed by atoms with van der Waals surface area (Å²) in [5, 5.41) is 3.39. The molecule has 1 atom stereocenters. The molecule has 154 valence electrons. The second kappa shape index (κ2) is 9.79. The summed E-state index contributed by atoms with van der Waals surface area (Å²) in [4.78, 5) is 7.24. The van der Waals surface area contributed by atoms with Crippen molar-refractivity contribution in [2.75, 3.05) is 19.7 Å². The predicted molar refractivity (Wildman–Crippen MR) is 118 cm³/mol. The Morgan fingerprint density at radius 1 is 1.00 bits per heavy atom. The Morgan fingerprint density at radius 3 is 2.55 bits per heavy atom. The molecule has 2 aliphatic heterocycles. The molecule has 0 bridgehead atoms. The number of nitrogens with zero attached hydrogens (tertiary/aromatic N) is 2. The Bertz CT molecular complexity index is 827. The van der Waals surface area contributed by atoms with Crippen molar-refractivity contribution in [1.82, 2.24) is 10.2 Å². The van der Waals surface area contributed by atoms with Crippen LogP contribution in [0.1, 0.15) is 54.8 Å². The molecule has 2 aliphatic rings. The van der Waals surface area contributed by atoms with Crippen molar-refractivity contribution >= 4 is 5.96 Å². The van der Waals surface area contributed by atoms with Gasteiger partial charge in [-0.2, -0.15) is 0 Å². The SMILES string of the molecule is NC(=NCc1ccccc1CN1CCCCCC1)NC1CCOc2ccccc21. The van der Waals surface area contributed by atoms with Gasteiger partial charge in [-0.3, -0.25) is 4.90 Å². The molecule has 0 aliphatic carbocycles.